The minimum absolute atomic E-state index is 0.100. The molecule has 0 aromatic carbocycles. The third-order valence-corrected chi connectivity index (χ3v) is 1.98. The van der Waals surface area contributed by atoms with Crippen LogP contribution in [0.5, 0.6) is 0 Å². The van der Waals surface area contributed by atoms with Crippen LogP contribution in [0.2, 0.25) is 0 Å². The zero-order valence-corrected chi connectivity index (χ0v) is 8.04. The van der Waals surface area contributed by atoms with Gasteiger partial charge in [-0.3, -0.25) is 0 Å². The summed E-state index contributed by atoms with van der Waals surface area (Å²) < 4.78 is 10.6. The Morgan fingerprint density at radius 2 is 2.62 bits per heavy atom. The number of halogens is 1. The van der Waals surface area contributed by atoms with Gasteiger partial charge in [0, 0.05) is 19.1 Å². The van der Waals surface area contributed by atoms with E-state index in [1.54, 1.807) is 6.08 Å². The lowest BCUT2D eigenvalue weighted by Gasteiger charge is -2.11. The van der Waals surface area contributed by atoms with Crippen LogP contribution in [-0.2, 0) is 9.47 Å². The van der Waals surface area contributed by atoms with Crippen LogP contribution in [0, 0.1) is 11.3 Å². The van der Waals surface area contributed by atoms with Crippen LogP contribution in [-0.4, -0.2) is 24.9 Å². The second-order valence-corrected chi connectivity index (χ2v) is 3.34. The van der Waals surface area contributed by atoms with Crippen molar-refractivity contribution in [3.8, 4) is 6.07 Å². The average molecular weight is 202 g/mol. The van der Waals surface area contributed by atoms with E-state index in [9.17, 15) is 0 Å². The van der Waals surface area contributed by atoms with Crippen LogP contribution in [0.15, 0.2) is 12.2 Å². The molecular weight excluding hydrogens is 190 g/mol. The first-order chi connectivity index (χ1) is 6.33. The van der Waals surface area contributed by atoms with Crippen LogP contribution in [0.1, 0.15) is 12.8 Å². The summed E-state index contributed by atoms with van der Waals surface area (Å²) in [7, 11) is 0. The molecule has 0 aromatic heterocycles. The molecule has 1 saturated heterocycles. The number of hydrogen-bond acceptors (Lipinski definition) is 3. The molecule has 1 aliphatic rings. The van der Waals surface area contributed by atoms with E-state index >= 15 is 0 Å². The van der Waals surface area contributed by atoms with Crippen LogP contribution >= 0.6 is 11.6 Å². The molecule has 3 nitrogen and oxygen atoms in total. The zero-order valence-electron chi connectivity index (χ0n) is 7.28. The molecule has 0 amide bonds. The minimum atomic E-state index is -0.246. The van der Waals surface area contributed by atoms with Crippen LogP contribution < -0.4 is 0 Å². The van der Waals surface area contributed by atoms with Crippen molar-refractivity contribution in [3.05, 3.63) is 12.2 Å². The van der Waals surface area contributed by atoms with Gasteiger partial charge in [0.1, 0.15) is 0 Å². The van der Waals surface area contributed by atoms with Crippen molar-refractivity contribution in [3.63, 3.8) is 0 Å². The Bertz CT molecular complexity index is 206. The molecule has 13 heavy (non-hydrogen) atoms. The molecule has 2 atom stereocenters. The number of nitriles is 1. The van der Waals surface area contributed by atoms with Crippen molar-refractivity contribution in [1.82, 2.24) is 0 Å². The number of allylic oxidation sites excluding steroid dienone is 1. The van der Waals surface area contributed by atoms with E-state index in [2.05, 4.69) is 0 Å². The lowest BCUT2D eigenvalue weighted by atomic mass is 10.3. The van der Waals surface area contributed by atoms with Gasteiger partial charge in [-0.1, -0.05) is 6.08 Å². The zero-order chi connectivity index (χ0) is 9.52. The minimum Gasteiger partial charge on any atom is -0.353 e. The molecule has 0 spiro atoms. The second kappa shape index (κ2) is 5.98. The maximum Gasteiger partial charge on any atom is 0.157 e. The maximum absolute atomic E-state index is 8.23. The largest absolute Gasteiger partial charge is 0.353 e. The van der Waals surface area contributed by atoms with Gasteiger partial charge < -0.3 is 9.47 Å². The summed E-state index contributed by atoms with van der Waals surface area (Å²) in [5, 5.41) is 7.99. The highest BCUT2D eigenvalue weighted by molar-refractivity contribution is 6.21. The summed E-state index contributed by atoms with van der Waals surface area (Å²) in [6.07, 6.45) is 4.85. The number of ether oxygens (including phenoxy) is 2. The van der Waals surface area contributed by atoms with Gasteiger partial charge in [0.05, 0.1) is 18.1 Å². The molecule has 1 heterocycles. The van der Waals surface area contributed by atoms with Crippen molar-refractivity contribution in [1.29, 1.82) is 5.26 Å². The Kier molecular flexibility index (Phi) is 4.84. The molecule has 0 saturated carbocycles. The highest BCUT2D eigenvalue weighted by Crippen LogP contribution is 2.14. The lowest BCUT2D eigenvalue weighted by Crippen LogP contribution is -2.16. The van der Waals surface area contributed by atoms with E-state index in [0.717, 1.165) is 19.4 Å². The van der Waals surface area contributed by atoms with Crippen molar-refractivity contribution in [2.75, 3.05) is 13.2 Å². The fourth-order valence-electron chi connectivity index (χ4n) is 1.08. The van der Waals surface area contributed by atoms with E-state index in [-0.39, 0.29) is 11.7 Å². The van der Waals surface area contributed by atoms with Gasteiger partial charge in [-0.05, 0) is 6.42 Å². The van der Waals surface area contributed by atoms with Gasteiger partial charge in [0.15, 0.2) is 6.29 Å². The summed E-state index contributed by atoms with van der Waals surface area (Å²) >= 11 is 5.82. The third-order valence-electron chi connectivity index (χ3n) is 1.71. The normalized spacial score (nSPS) is 24.8. The molecule has 0 N–H and O–H groups in total. The first-order valence-electron chi connectivity index (χ1n) is 4.26. The third kappa shape index (κ3) is 4.28. The quantitative estimate of drug-likeness (QED) is 0.515. The molecule has 0 radical (unpaired) electrons. The van der Waals surface area contributed by atoms with E-state index in [4.69, 9.17) is 26.3 Å². The molecule has 0 bridgehead atoms. The van der Waals surface area contributed by atoms with E-state index in [0.29, 0.717) is 6.61 Å². The number of hydrogen-bond donors (Lipinski definition) is 0. The van der Waals surface area contributed by atoms with Gasteiger partial charge in [0.2, 0.25) is 0 Å². The van der Waals surface area contributed by atoms with E-state index in [1.165, 1.54) is 6.08 Å². The second-order valence-electron chi connectivity index (χ2n) is 2.78. The molecule has 0 aliphatic carbocycles. The smallest absolute Gasteiger partial charge is 0.157 e. The topological polar surface area (TPSA) is 42.2 Å². The molecule has 72 valence electrons. The molecule has 1 unspecified atom stereocenters. The van der Waals surface area contributed by atoms with Crippen LogP contribution in [0.25, 0.3) is 0 Å². The molecule has 1 rings (SSSR count). The fraction of sp³-hybridized carbons (Fsp3) is 0.667. The predicted molar refractivity (Wildman–Crippen MR) is 49.3 cm³/mol. The molecule has 0 aromatic rings. The Labute approximate surface area is 82.9 Å². The number of alkyl halides is 1. The Hall–Kier alpha value is -0.560. The predicted octanol–water partition coefficient (Wildman–Crippen LogP) is 1.83. The summed E-state index contributed by atoms with van der Waals surface area (Å²) in [5.74, 6) is 0. The molecule has 1 aliphatic heterocycles. The highest BCUT2D eigenvalue weighted by Gasteiger charge is 2.16. The summed E-state index contributed by atoms with van der Waals surface area (Å²) in [6.45, 7) is 1.16. The lowest BCUT2D eigenvalue weighted by molar-refractivity contribution is -0.108. The number of rotatable bonds is 4. The number of nitrogens with zero attached hydrogens (tertiary/aromatic N) is 1. The van der Waals surface area contributed by atoms with Gasteiger partial charge in [-0.2, -0.15) is 5.26 Å². The van der Waals surface area contributed by atoms with E-state index in [1.807, 2.05) is 6.07 Å². The monoisotopic (exact) mass is 201 g/mol. The van der Waals surface area contributed by atoms with Gasteiger partial charge >= 0.3 is 0 Å². The summed E-state index contributed by atoms with van der Waals surface area (Å²) in [5.41, 5.74) is 0. The Balaban J connectivity index is 2.11. The first-order valence-corrected chi connectivity index (χ1v) is 4.70. The van der Waals surface area contributed by atoms with Crippen molar-refractivity contribution < 1.29 is 9.47 Å². The molecule has 1 fully saturated rings. The van der Waals surface area contributed by atoms with Crippen LogP contribution in [0.3, 0.4) is 0 Å². The van der Waals surface area contributed by atoms with Crippen molar-refractivity contribution in [2.24, 2.45) is 0 Å². The standard InChI is InChI=1S/C9H12ClNO2/c10-8(3-1-5-11)7-13-9-4-2-6-12-9/h1,3,8-9H,2,4,6-7H2/t8-,9?/m0/s1. The van der Waals surface area contributed by atoms with Gasteiger partial charge in [-0.15, -0.1) is 11.6 Å². The SMILES string of the molecule is N#CC=C[C@H](Cl)COC1CCCO1. The van der Waals surface area contributed by atoms with Gasteiger partial charge in [0.25, 0.3) is 0 Å². The summed E-state index contributed by atoms with van der Waals surface area (Å²) in [4.78, 5) is 0. The van der Waals surface area contributed by atoms with Crippen molar-refractivity contribution in [2.45, 2.75) is 24.5 Å². The maximum atomic E-state index is 8.23. The molecular formula is C9H12ClNO2. The fourth-order valence-corrected chi connectivity index (χ4v) is 1.23. The van der Waals surface area contributed by atoms with Crippen LogP contribution in [0.4, 0.5) is 0 Å². The summed E-state index contributed by atoms with van der Waals surface area (Å²) in [6, 6.07) is 1.87. The Morgan fingerprint density at radius 3 is 3.23 bits per heavy atom. The average Bonchev–Trinajstić information content (AvgIpc) is 2.64. The van der Waals surface area contributed by atoms with Gasteiger partial charge in [-0.25, -0.2) is 0 Å². The van der Waals surface area contributed by atoms with Crippen molar-refractivity contribution >= 4 is 11.6 Å². The Morgan fingerprint density at radius 1 is 1.77 bits per heavy atom. The first kappa shape index (κ1) is 10.5. The van der Waals surface area contributed by atoms with E-state index < -0.39 is 0 Å². The molecule has 4 heteroatoms. The highest BCUT2D eigenvalue weighted by atomic mass is 35.5.